The first-order valence-corrected chi connectivity index (χ1v) is 4.38. The van der Waals surface area contributed by atoms with Crippen LogP contribution in [0.4, 0.5) is 0 Å². The fourth-order valence-electron chi connectivity index (χ4n) is 1.27. The van der Waals surface area contributed by atoms with Gasteiger partial charge in [-0.05, 0) is 12.1 Å². The van der Waals surface area contributed by atoms with Gasteiger partial charge < -0.3 is 20.8 Å². The number of hydrogen-bond donors (Lipinski definition) is 3. The van der Waals surface area contributed by atoms with E-state index in [2.05, 4.69) is 0 Å². The highest BCUT2D eigenvalue weighted by Gasteiger charge is 2.15. The van der Waals surface area contributed by atoms with Gasteiger partial charge in [-0.3, -0.25) is 5.21 Å². The highest BCUT2D eigenvalue weighted by atomic mass is 16.5. The molecule has 0 fully saturated rings. The number of hydrogen-bond acceptors (Lipinski definition) is 6. The van der Waals surface area contributed by atoms with Crippen LogP contribution in [0.2, 0.25) is 0 Å². The van der Waals surface area contributed by atoms with Crippen LogP contribution < -0.4 is 11.5 Å². The first-order chi connectivity index (χ1) is 7.16. The molecule has 1 aromatic rings. The van der Waals surface area contributed by atoms with E-state index in [-0.39, 0.29) is 5.82 Å². The van der Waals surface area contributed by atoms with Crippen LogP contribution in [0.1, 0.15) is 5.76 Å². The van der Waals surface area contributed by atoms with Gasteiger partial charge in [0, 0.05) is 6.20 Å². The zero-order valence-electron chi connectivity index (χ0n) is 8.00. The zero-order valence-corrected chi connectivity index (χ0v) is 8.00. The predicted molar refractivity (Wildman–Crippen MR) is 52.4 cm³/mol. The van der Waals surface area contributed by atoms with Crippen LogP contribution in [0.25, 0.3) is 0 Å². The van der Waals surface area contributed by atoms with Gasteiger partial charge in [-0.2, -0.15) is 0 Å². The number of furan rings is 1. The van der Waals surface area contributed by atoms with Crippen molar-refractivity contribution in [1.29, 1.82) is 0 Å². The van der Waals surface area contributed by atoms with Crippen molar-refractivity contribution in [3.05, 3.63) is 48.2 Å². The summed E-state index contributed by atoms with van der Waals surface area (Å²) in [4.78, 5) is 1.68. The molecule has 0 atom stereocenters. The Hall–Kier alpha value is -2.08. The second-order valence-electron chi connectivity index (χ2n) is 3.16. The second kappa shape index (κ2) is 3.58. The summed E-state index contributed by atoms with van der Waals surface area (Å²) in [5.74, 6) is 1.36. The summed E-state index contributed by atoms with van der Waals surface area (Å²) in [7, 11) is 0. The van der Waals surface area contributed by atoms with Crippen molar-refractivity contribution in [2.75, 3.05) is 0 Å². The molecular formula is C9H12N4O2. The zero-order chi connectivity index (χ0) is 10.8. The number of nitrogens with two attached hydrogens (primary N) is 2. The maximum absolute atomic E-state index is 9.23. The fraction of sp³-hybridized carbons (Fsp3) is 0.111. The van der Waals surface area contributed by atoms with Gasteiger partial charge in [0.25, 0.3) is 0 Å². The van der Waals surface area contributed by atoms with E-state index < -0.39 is 0 Å². The van der Waals surface area contributed by atoms with E-state index in [9.17, 15) is 5.21 Å². The number of nitrogens with zero attached hydrogens (tertiary/aromatic N) is 2. The first-order valence-electron chi connectivity index (χ1n) is 4.38. The molecular weight excluding hydrogens is 196 g/mol. The normalized spacial score (nSPS) is 16.3. The molecule has 1 aromatic heterocycles. The van der Waals surface area contributed by atoms with Crippen LogP contribution in [0.3, 0.4) is 0 Å². The van der Waals surface area contributed by atoms with Gasteiger partial charge in [-0.25, -0.2) is 5.06 Å². The minimum atomic E-state index is 0.204. The first kappa shape index (κ1) is 9.47. The largest absolute Gasteiger partial charge is 0.467 e. The van der Waals surface area contributed by atoms with Crippen molar-refractivity contribution >= 4 is 0 Å². The lowest BCUT2D eigenvalue weighted by molar-refractivity contribution is -0.0141. The molecule has 0 bridgehead atoms. The maximum atomic E-state index is 9.23. The molecule has 1 aliphatic heterocycles. The Balaban J connectivity index is 2.13. The van der Waals surface area contributed by atoms with Crippen LogP contribution in [-0.2, 0) is 6.54 Å². The van der Waals surface area contributed by atoms with Crippen LogP contribution in [0.15, 0.2) is 46.9 Å². The van der Waals surface area contributed by atoms with Gasteiger partial charge in [0.2, 0.25) is 0 Å². The van der Waals surface area contributed by atoms with E-state index in [1.165, 1.54) is 12.4 Å². The third kappa shape index (κ3) is 1.89. The highest BCUT2D eigenvalue weighted by molar-refractivity contribution is 5.13. The average Bonchev–Trinajstić information content (AvgIpc) is 2.67. The van der Waals surface area contributed by atoms with Crippen molar-refractivity contribution in [2.24, 2.45) is 11.5 Å². The van der Waals surface area contributed by atoms with E-state index >= 15 is 0 Å². The van der Waals surface area contributed by atoms with Gasteiger partial charge in [0.15, 0.2) is 0 Å². The smallest absolute Gasteiger partial charge is 0.145 e. The minimum Gasteiger partial charge on any atom is -0.467 e. The minimum absolute atomic E-state index is 0.204. The Labute approximate surface area is 86.6 Å². The molecule has 6 nitrogen and oxygen atoms in total. The Morgan fingerprint density at radius 1 is 1.27 bits per heavy atom. The molecule has 15 heavy (non-hydrogen) atoms. The SMILES string of the molecule is NC1=CN(Cc2ccco2)C(N)=CN1O. The Morgan fingerprint density at radius 3 is 2.73 bits per heavy atom. The lowest BCUT2D eigenvalue weighted by Gasteiger charge is -2.27. The lowest BCUT2D eigenvalue weighted by Crippen LogP contribution is -2.33. The third-order valence-electron chi connectivity index (χ3n) is 2.05. The van der Waals surface area contributed by atoms with Gasteiger partial charge in [-0.1, -0.05) is 0 Å². The van der Waals surface area contributed by atoms with Crippen molar-refractivity contribution in [2.45, 2.75) is 6.54 Å². The molecule has 0 aromatic carbocycles. The van der Waals surface area contributed by atoms with Crippen LogP contribution in [-0.4, -0.2) is 15.2 Å². The summed E-state index contributed by atoms with van der Waals surface area (Å²) in [6.07, 6.45) is 4.46. The molecule has 5 N–H and O–H groups in total. The summed E-state index contributed by atoms with van der Waals surface area (Å²) in [5, 5.41) is 10.00. The summed E-state index contributed by atoms with van der Waals surface area (Å²) in [5.41, 5.74) is 11.2. The highest BCUT2D eigenvalue weighted by Crippen LogP contribution is 2.15. The average molecular weight is 208 g/mol. The van der Waals surface area contributed by atoms with Gasteiger partial charge >= 0.3 is 0 Å². The molecule has 0 amide bonds. The molecule has 0 saturated carbocycles. The quantitative estimate of drug-likeness (QED) is 0.647. The van der Waals surface area contributed by atoms with Crippen molar-refractivity contribution < 1.29 is 9.62 Å². The topological polar surface area (TPSA) is 91.9 Å². The molecule has 0 unspecified atom stereocenters. The van der Waals surface area contributed by atoms with E-state index in [1.807, 2.05) is 6.07 Å². The monoisotopic (exact) mass is 208 g/mol. The molecule has 2 heterocycles. The molecule has 0 spiro atoms. The third-order valence-corrected chi connectivity index (χ3v) is 2.05. The maximum Gasteiger partial charge on any atom is 0.145 e. The van der Waals surface area contributed by atoms with Gasteiger partial charge in [-0.15, -0.1) is 0 Å². The summed E-state index contributed by atoms with van der Waals surface area (Å²) in [6.45, 7) is 0.476. The molecule has 0 radical (unpaired) electrons. The van der Waals surface area contributed by atoms with E-state index in [0.717, 1.165) is 10.8 Å². The Morgan fingerprint density at radius 2 is 2.07 bits per heavy atom. The summed E-state index contributed by atoms with van der Waals surface area (Å²) >= 11 is 0. The second-order valence-corrected chi connectivity index (χ2v) is 3.16. The van der Waals surface area contributed by atoms with Crippen molar-refractivity contribution in [1.82, 2.24) is 9.96 Å². The summed E-state index contributed by atoms with van der Waals surface area (Å²) in [6, 6.07) is 3.63. The number of hydroxylamine groups is 2. The van der Waals surface area contributed by atoms with Crippen LogP contribution in [0.5, 0.6) is 0 Å². The van der Waals surface area contributed by atoms with E-state index in [1.54, 1.807) is 17.2 Å². The summed E-state index contributed by atoms with van der Waals surface area (Å²) < 4.78 is 5.18. The molecule has 0 aliphatic carbocycles. The van der Waals surface area contributed by atoms with Crippen molar-refractivity contribution in [3.8, 4) is 0 Å². The molecule has 2 rings (SSSR count). The predicted octanol–water partition coefficient (Wildman–Crippen LogP) is 0.302. The molecule has 6 heteroatoms. The van der Waals surface area contributed by atoms with E-state index in [0.29, 0.717) is 12.4 Å². The molecule has 80 valence electrons. The van der Waals surface area contributed by atoms with Gasteiger partial charge in [0.05, 0.1) is 19.0 Å². The number of rotatable bonds is 2. The molecule has 1 aliphatic rings. The van der Waals surface area contributed by atoms with Crippen molar-refractivity contribution in [3.63, 3.8) is 0 Å². The molecule has 0 saturated heterocycles. The Kier molecular flexibility index (Phi) is 2.26. The lowest BCUT2D eigenvalue weighted by atomic mass is 10.4. The van der Waals surface area contributed by atoms with Gasteiger partial charge in [0.1, 0.15) is 17.4 Å². The van der Waals surface area contributed by atoms with E-state index in [4.69, 9.17) is 15.9 Å². The Bertz CT molecular complexity index is 396. The fourth-order valence-corrected chi connectivity index (χ4v) is 1.27. The standard InChI is InChI=1S/C9H12N4O2/c10-8-6-13(14)9(11)5-12(8)4-7-2-1-3-15-7/h1-3,5-6,14H,4,10-11H2. The van der Waals surface area contributed by atoms with Crippen LogP contribution in [0, 0.1) is 0 Å². The van der Waals surface area contributed by atoms with Crippen LogP contribution >= 0.6 is 0 Å².